The Bertz CT molecular complexity index is 614. The Kier molecular flexibility index (Phi) is 5.65. The molecule has 1 aromatic carbocycles. The highest BCUT2D eigenvalue weighted by molar-refractivity contribution is 6.05. The van der Waals surface area contributed by atoms with E-state index < -0.39 is 0 Å². The number of methoxy groups -OCH3 is 1. The molecule has 0 aliphatic carbocycles. The Labute approximate surface area is 147 Å². The SMILES string of the molecule is COCCCN1C(=O)C[C@H](N2CCN(c3ccc(F)cc3)CC2)C1=O. The Balaban J connectivity index is 1.55. The van der Waals surface area contributed by atoms with E-state index in [1.807, 2.05) is 0 Å². The molecule has 0 unspecified atom stereocenters. The number of carbonyl (C=O) groups excluding carboxylic acids is 2. The fraction of sp³-hybridized carbons (Fsp3) is 0.556. The molecular weight excluding hydrogens is 325 g/mol. The molecule has 0 spiro atoms. The molecule has 1 aromatic rings. The summed E-state index contributed by atoms with van der Waals surface area (Å²) >= 11 is 0. The highest BCUT2D eigenvalue weighted by Crippen LogP contribution is 2.23. The molecule has 0 N–H and O–H groups in total. The molecule has 2 amide bonds. The lowest BCUT2D eigenvalue weighted by Gasteiger charge is -2.38. The normalized spacial score (nSPS) is 22.1. The third kappa shape index (κ3) is 3.99. The molecule has 2 heterocycles. The number of imide groups is 1. The van der Waals surface area contributed by atoms with Gasteiger partial charge in [-0.3, -0.25) is 19.4 Å². The second-order valence-electron chi connectivity index (χ2n) is 6.45. The van der Waals surface area contributed by atoms with Crippen LogP contribution in [0, 0.1) is 5.82 Å². The first-order chi connectivity index (χ1) is 12.1. The molecule has 0 radical (unpaired) electrons. The maximum absolute atomic E-state index is 13.0. The van der Waals surface area contributed by atoms with E-state index in [0.29, 0.717) is 32.7 Å². The van der Waals surface area contributed by atoms with Gasteiger partial charge in [0.25, 0.3) is 0 Å². The van der Waals surface area contributed by atoms with Crippen LogP contribution in [0.25, 0.3) is 0 Å². The van der Waals surface area contributed by atoms with E-state index >= 15 is 0 Å². The van der Waals surface area contributed by atoms with Crippen LogP contribution >= 0.6 is 0 Å². The summed E-state index contributed by atoms with van der Waals surface area (Å²) in [6.07, 6.45) is 0.932. The average molecular weight is 349 g/mol. The molecule has 0 bridgehead atoms. The van der Waals surface area contributed by atoms with Crippen LogP contribution in [0.4, 0.5) is 10.1 Å². The van der Waals surface area contributed by atoms with Gasteiger partial charge >= 0.3 is 0 Å². The predicted molar refractivity (Wildman–Crippen MR) is 91.8 cm³/mol. The molecule has 3 rings (SSSR count). The van der Waals surface area contributed by atoms with Gasteiger partial charge in [0.15, 0.2) is 0 Å². The molecule has 2 aliphatic heterocycles. The second-order valence-corrected chi connectivity index (χ2v) is 6.45. The molecule has 25 heavy (non-hydrogen) atoms. The lowest BCUT2D eigenvalue weighted by molar-refractivity contribution is -0.140. The number of halogens is 1. The summed E-state index contributed by atoms with van der Waals surface area (Å²) < 4.78 is 18.0. The fourth-order valence-corrected chi connectivity index (χ4v) is 3.50. The summed E-state index contributed by atoms with van der Waals surface area (Å²) in [6.45, 7) is 3.91. The first kappa shape index (κ1) is 17.8. The van der Waals surface area contributed by atoms with Crippen molar-refractivity contribution < 1.29 is 18.7 Å². The van der Waals surface area contributed by atoms with E-state index in [2.05, 4.69) is 9.80 Å². The van der Waals surface area contributed by atoms with E-state index in [-0.39, 0.29) is 30.1 Å². The van der Waals surface area contributed by atoms with Crippen molar-refractivity contribution >= 4 is 17.5 Å². The number of ether oxygens (including phenoxy) is 1. The van der Waals surface area contributed by atoms with Crippen LogP contribution in [-0.2, 0) is 14.3 Å². The zero-order chi connectivity index (χ0) is 17.8. The Morgan fingerprint density at radius 3 is 2.44 bits per heavy atom. The van der Waals surface area contributed by atoms with Crippen LogP contribution in [-0.4, -0.2) is 74.1 Å². The minimum absolute atomic E-state index is 0.0867. The minimum atomic E-state index is -0.342. The smallest absolute Gasteiger partial charge is 0.247 e. The zero-order valence-electron chi connectivity index (χ0n) is 14.5. The lowest BCUT2D eigenvalue weighted by atomic mass is 10.1. The number of benzene rings is 1. The third-order valence-electron chi connectivity index (χ3n) is 4.90. The van der Waals surface area contributed by atoms with E-state index in [1.54, 1.807) is 19.2 Å². The molecule has 136 valence electrons. The molecule has 0 aromatic heterocycles. The first-order valence-corrected chi connectivity index (χ1v) is 8.68. The second kappa shape index (κ2) is 7.93. The molecule has 6 nitrogen and oxygen atoms in total. The standard InChI is InChI=1S/C18H24FN3O3/c1-25-12-2-7-22-17(23)13-16(18(22)24)21-10-8-20(9-11-21)15-5-3-14(19)4-6-15/h3-6,16H,2,7-13H2,1H3/t16-/m0/s1. The molecule has 2 saturated heterocycles. The number of likely N-dealkylation sites (tertiary alicyclic amines) is 1. The maximum atomic E-state index is 13.0. The number of hydrogen-bond donors (Lipinski definition) is 0. The van der Waals surface area contributed by atoms with Crippen LogP contribution in [0.1, 0.15) is 12.8 Å². The van der Waals surface area contributed by atoms with Crippen molar-refractivity contribution in [3.8, 4) is 0 Å². The lowest BCUT2D eigenvalue weighted by Crippen LogP contribution is -2.52. The number of carbonyl (C=O) groups is 2. The molecule has 7 heteroatoms. The summed E-state index contributed by atoms with van der Waals surface area (Å²) in [5.74, 6) is -0.422. The molecule has 2 fully saturated rings. The van der Waals surface area contributed by atoms with Gasteiger partial charge < -0.3 is 9.64 Å². The number of piperazine rings is 1. The van der Waals surface area contributed by atoms with E-state index in [4.69, 9.17) is 4.74 Å². The van der Waals surface area contributed by atoms with Crippen molar-refractivity contribution in [2.75, 3.05) is 51.3 Å². The molecule has 0 saturated carbocycles. The average Bonchev–Trinajstić information content (AvgIpc) is 2.91. The Hall–Kier alpha value is -1.99. The Morgan fingerprint density at radius 2 is 1.80 bits per heavy atom. The van der Waals surface area contributed by atoms with Gasteiger partial charge in [0.2, 0.25) is 11.8 Å². The summed E-state index contributed by atoms with van der Waals surface area (Å²) in [6, 6.07) is 6.11. The highest BCUT2D eigenvalue weighted by atomic mass is 19.1. The number of anilines is 1. The summed E-state index contributed by atoms with van der Waals surface area (Å²) in [5.41, 5.74) is 0.982. The van der Waals surface area contributed by atoms with Gasteiger partial charge in [-0.15, -0.1) is 0 Å². The third-order valence-corrected chi connectivity index (χ3v) is 4.90. The Morgan fingerprint density at radius 1 is 1.12 bits per heavy atom. The minimum Gasteiger partial charge on any atom is -0.385 e. The van der Waals surface area contributed by atoms with E-state index in [0.717, 1.165) is 18.8 Å². The van der Waals surface area contributed by atoms with Gasteiger partial charge in [0.1, 0.15) is 5.82 Å². The summed E-state index contributed by atoms with van der Waals surface area (Å²) in [7, 11) is 1.61. The van der Waals surface area contributed by atoms with E-state index in [9.17, 15) is 14.0 Å². The van der Waals surface area contributed by atoms with Gasteiger partial charge in [-0.25, -0.2) is 4.39 Å². The van der Waals surface area contributed by atoms with Crippen molar-refractivity contribution in [3.63, 3.8) is 0 Å². The van der Waals surface area contributed by atoms with Crippen LogP contribution in [0.15, 0.2) is 24.3 Å². The highest BCUT2D eigenvalue weighted by Gasteiger charge is 2.42. The van der Waals surface area contributed by atoms with E-state index in [1.165, 1.54) is 17.0 Å². The van der Waals surface area contributed by atoms with Crippen molar-refractivity contribution in [1.82, 2.24) is 9.80 Å². The molecule has 1 atom stereocenters. The van der Waals surface area contributed by atoms with Crippen molar-refractivity contribution in [2.24, 2.45) is 0 Å². The summed E-state index contributed by atoms with van der Waals surface area (Å²) in [5, 5.41) is 0. The monoisotopic (exact) mass is 349 g/mol. The predicted octanol–water partition coefficient (Wildman–Crippen LogP) is 1.11. The zero-order valence-corrected chi connectivity index (χ0v) is 14.5. The quantitative estimate of drug-likeness (QED) is 0.569. The van der Waals surface area contributed by atoms with Gasteiger partial charge in [-0.2, -0.15) is 0 Å². The van der Waals surface area contributed by atoms with Crippen molar-refractivity contribution in [2.45, 2.75) is 18.9 Å². The number of nitrogens with zero attached hydrogens (tertiary/aromatic N) is 3. The number of hydrogen-bond acceptors (Lipinski definition) is 5. The molecule has 2 aliphatic rings. The maximum Gasteiger partial charge on any atom is 0.247 e. The van der Waals surface area contributed by atoms with Crippen LogP contribution in [0.5, 0.6) is 0 Å². The summed E-state index contributed by atoms with van der Waals surface area (Å²) in [4.78, 5) is 30.3. The van der Waals surface area contributed by atoms with Crippen LogP contribution in [0.2, 0.25) is 0 Å². The van der Waals surface area contributed by atoms with Gasteiger partial charge in [0, 0.05) is 52.1 Å². The van der Waals surface area contributed by atoms with Crippen molar-refractivity contribution in [1.29, 1.82) is 0 Å². The number of rotatable bonds is 6. The topological polar surface area (TPSA) is 53.1 Å². The fourth-order valence-electron chi connectivity index (χ4n) is 3.50. The van der Waals surface area contributed by atoms with Gasteiger partial charge in [0.05, 0.1) is 12.5 Å². The first-order valence-electron chi connectivity index (χ1n) is 8.68. The molecular formula is C18H24FN3O3. The largest absolute Gasteiger partial charge is 0.385 e. The number of amides is 2. The van der Waals surface area contributed by atoms with Gasteiger partial charge in [-0.05, 0) is 30.7 Å². The van der Waals surface area contributed by atoms with Crippen LogP contribution < -0.4 is 4.90 Å². The van der Waals surface area contributed by atoms with Crippen LogP contribution in [0.3, 0.4) is 0 Å². The van der Waals surface area contributed by atoms with Crippen molar-refractivity contribution in [3.05, 3.63) is 30.1 Å². The van der Waals surface area contributed by atoms with Gasteiger partial charge in [-0.1, -0.05) is 0 Å².